The lowest BCUT2D eigenvalue weighted by Gasteiger charge is -2.34. The maximum absolute atomic E-state index is 12.6. The van der Waals surface area contributed by atoms with Crippen molar-refractivity contribution < 1.29 is 4.79 Å². The van der Waals surface area contributed by atoms with Crippen LogP contribution in [0.2, 0.25) is 0 Å². The summed E-state index contributed by atoms with van der Waals surface area (Å²) in [4.78, 5) is 22.4. The van der Waals surface area contributed by atoms with Crippen LogP contribution in [-0.2, 0) is 6.54 Å². The van der Waals surface area contributed by atoms with Gasteiger partial charge in [0.05, 0.1) is 5.69 Å². The number of amides is 1. The molecule has 2 aromatic rings. The number of carbonyl (C=O) groups excluding carboxylic acids is 1. The Morgan fingerprint density at radius 3 is 2.43 bits per heavy atom. The lowest BCUT2D eigenvalue weighted by atomic mass is 10.2. The number of carbonyl (C=O) groups is 1. The van der Waals surface area contributed by atoms with E-state index in [2.05, 4.69) is 9.88 Å². The normalized spacial score (nSPS) is 15.6. The van der Waals surface area contributed by atoms with Crippen LogP contribution in [0.3, 0.4) is 0 Å². The zero-order valence-electron chi connectivity index (χ0n) is 13.3. The fourth-order valence-corrected chi connectivity index (χ4v) is 3.15. The molecule has 1 aliphatic rings. The predicted octanol–water partition coefficient (Wildman–Crippen LogP) is 2.76. The third-order valence-electron chi connectivity index (χ3n) is 4.11. The van der Waals surface area contributed by atoms with E-state index in [0.29, 0.717) is 0 Å². The zero-order valence-corrected chi connectivity index (χ0v) is 14.1. The van der Waals surface area contributed by atoms with Crippen molar-refractivity contribution in [2.45, 2.75) is 11.4 Å². The standard InChI is InChI=1S/C18H21N3OS/c1-23-17-7-5-15(6-8-17)18(22)21-12-10-20(11-13-21)14-16-4-2-3-9-19-16/h2-9H,10-14H2,1H3. The minimum Gasteiger partial charge on any atom is -0.336 e. The van der Waals surface area contributed by atoms with E-state index in [1.807, 2.05) is 59.8 Å². The molecule has 4 nitrogen and oxygen atoms in total. The van der Waals surface area contributed by atoms with Crippen molar-refractivity contribution in [3.8, 4) is 0 Å². The average Bonchev–Trinajstić information content (AvgIpc) is 2.63. The van der Waals surface area contributed by atoms with E-state index in [4.69, 9.17) is 0 Å². The van der Waals surface area contributed by atoms with Crippen molar-refractivity contribution in [3.05, 3.63) is 59.9 Å². The second kappa shape index (κ2) is 7.62. The van der Waals surface area contributed by atoms with E-state index in [9.17, 15) is 4.79 Å². The zero-order chi connectivity index (χ0) is 16.1. The van der Waals surface area contributed by atoms with E-state index in [-0.39, 0.29) is 5.91 Å². The van der Waals surface area contributed by atoms with Crippen LogP contribution in [0.5, 0.6) is 0 Å². The Balaban J connectivity index is 1.54. The third kappa shape index (κ3) is 4.12. The van der Waals surface area contributed by atoms with Crippen LogP contribution in [0.25, 0.3) is 0 Å². The molecule has 23 heavy (non-hydrogen) atoms. The number of benzene rings is 1. The van der Waals surface area contributed by atoms with E-state index in [0.717, 1.165) is 44.0 Å². The summed E-state index contributed by atoms with van der Waals surface area (Å²) >= 11 is 1.69. The largest absolute Gasteiger partial charge is 0.336 e. The van der Waals surface area contributed by atoms with Gasteiger partial charge in [-0.15, -0.1) is 11.8 Å². The van der Waals surface area contributed by atoms with E-state index in [1.54, 1.807) is 11.8 Å². The molecule has 120 valence electrons. The van der Waals surface area contributed by atoms with Crippen molar-refractivity contribution >= 4 is 17.7 Å². The quantitative estimate of drug-likeness (QED) is 0.809. The molecule has 1 fully saturated rings. The molecule has 0 unspecified atom stereocenters. The summed E-state index contributed by atoms with van der Waals surface area (Å²) in [6.45, 7) is 4.19. The second-order valence-corrected chi connectivity index (χ2v) is 6.50. The minimum atomic E-state index is 0.134. The Morgan fingerprint density at radius 2 is 1.83 bits per heavy atom. The smallest absolute Gasteiger partial charge is 0.253 e. The summed E-state index contributed by atoms with van der Waals surface area (Å²) in [6, 6.07) is 13.9. The highest BCUT2D eigenvalue weighted by molar-refractivity contribution is 7.98. The molecule has 2 heterocycles. The average molecular weight is 327 g/mol. The molecular formula is C18H21N3OS. The number of pyridine rings is 1. The van der Waals surface area contributed by atoms with E-state index in [1.165, 1.54) is 4.90 Å². The number of piperazine rings is 1. The minimum absolute atomic E-state index is 0.134. The van der Waals surface area contributed by atoms with Gasteiger partial charge in [-0.1, -0.05) is 6.07 Å². The summed E-state index contributed by atoms with van der Waals surface area (Å²) in [5.41, 5.74) is 1.86. The predicted molar refractivity (Wildman–Crippen MR) is 93.6 cm³/mol. The van der Waals surface area contributed by atoms with Crippen molar-refractivity contribution in [1.29, 1.82) is 0 Å². The van der Waals surface area contributed by atoms with E-state index < -0.39 is 0 Å². The van der Waals surface area contributed by atoms with Gasteiger partial charge < -0.3 is 4.90 Å². The number of thioether (sulfide) groups is 1. The first kappa shape index (κ1) is 16.0. The fraction of sp³-hybridized carbons (Fsp3) is 0.333. The monoisotopic (exact) mass is 327 g/mol. The van der Waals surface area contributed by atoms with E-state index >= 15 is 0 Å². The number of rotatable bonds is 4. The Kier molecular flexibility index (Phi) is 5.31. The third-order valence-corrected chi connectivity index (χ3v) is 4.85. The maximum atomic E-state index is 12.6. The van der Waals surface area contributed by atoms with Crippen molar-refractivity contribution in [1.82, 2.24) is 14.8 Å². The topological polar surface area (TPSA) is 36.4 Å². The molecule has 1 aliphatic heterocycles. The van der Waals surface area contributed by atoms with Crippen LogP contribution in [0, 0.1) is 0 Å². The van der Waals surface area contributed by atoms with Crippen LogP contribution in [0.4, 0.5) is 0 Å². The first-order valence-electron chi connectivity index (χ1n) is 7.82. The SMILES string of the molecule is CSc1ccc(C(=O)N2CCN(Cc3ccccn3)CC2)cc1. The van der Waals surface area contributed by atoms with Gasteiger partial charge in [-0.3, -0.25) is 14.7 Å². The summed E-state index contributed by atoms with van der Waals surface area (Å²) in [7, 11) is 0. The van der Waals surface area contributed by atoms with Crippen molar-refractivity contribution in [2.24, 2.45) is 0 Å². The van der Waals surface area contributed by atoms with Crippen molar-refractivity contribution in [3.63, 3.8) is 0 Å². The van der Waals surface area contributed by atoms with Gasteiger partial charge in [0.1, 0.15) is 0 Å². The summed E-state index contributed by atoms with van der Waals surface area (Å²) < 4.78 is 0. The number of nitrogens with zero attached hydrogens (tertiary/aromatic N) is 3. The van der Waals surface area contributed by atoms with Crippen LogP contribution in [0.15, 0.2) is 53.6 Å². The molecule has 0 saturated carbocycles. The van der Waals surface area contributed by atoms with Gasteiger partial charge in [0.25, 0.3) is 5.91 Å². The first-order valence-corrected chi connectivity index (χ1v) is 9.04. The molecule has 0 aliphatic carbocycles. The van der Waals surface area contributed by atoms with Crippen molar-refractivity contribution in [2.75, 3.05) is 32.4 Å². The van der Waals surface area contributed by atoms with Crippen LogP contribution in [0.1, 0.15) is 16.1 Å². The molecule has 1 amide bonds. The summed E-state index contributed by atoms with van der Waals surface area (Å²) in [6.07, 6.45) is 3.87. The molecule has 0 atom stereocenters. The number of hydrogen-bond donors (Lipinski definition) is 0. The highest BCUT2D eigenvalue weighted by Gasteiger charge is 2.22. The lowest BCUT2D eigenvalue weighted by molar-refractivity contribution is 0.0627. The van der Waals surface area contributed by atoms with Gasteiger partial charge in [0.15, 0.2) is 0 Å². The van der Waals surface area contributed by atoms with Crippen LogP contribution >= 0.6 is 11.8 Å². The molecule has 5 heteroatoms. The Morgan fingerprint density at radius 1 is 1.09 bits per heavy atom. The molecule has 0 spiro atoms. The van der Waals surface area contributed by atoms with Crippen LogP contribution < -0.4 is 0 Å². The summed E-state index contributed by atoms with van der Waals surface area (Å²) in [5, 5.41) is 0. The Labute approximate surface area is 141 Å². The molecule has 1 aromatic heterocycles. The first-order chi connectivity index (χ1) is 11.3. The van der Waals surface area contributed by atoms with Gasteiger partial charge in [-0.2, -0.15) is 0 Å². The molecule has 3 rings (SSSR count). The lowest BCUT2D eigenvalue weighted by Crippen LogP contribution is -2.48. The maximum Gasteiger partial charge on any atom is 0.253 e. The summed E-state index contributed by atoms with van der Waals surface area (Å²) in [5.74, 6) is 0.134. The molecule has 0 radical (unpaired) electrons. The highest BCUT2D eigenvalue weighted by Crippen LogP contribution is 2.17. The number of aromatic nitrogens is 1. The van der Waals surface area contributed by atoms with Gasteiger partial charge >= 0.3 is 0 Å². The van der Waals surface area contributed by atoms with Gasteiger partial charge in [-0.25, -0.2) is 0 Å². The van der Waals surface area contributed by atoms with Gasteiger partial charge in [-0.05, 0) is 42.7 Å². The Hall–Kier alpha value is -1.85. The van der Waals surface area contributed by atoms with Gasteiger partial charge in [0.2, 0.25) is 0 Å². The number of hydrogen-bond acceptors (Lipinski definition) is 4. The molecule has 1 saturated heterocycles. The highest BCUT2D eigenvalue weighted by atomic mass is 32.2. The molecule has 0 bridgehead atoms. The second-order valence-electron chi connectivity index (χ2n) is 5.62. The van der Waals surface area contributed by atoms with Crippen LogP contribution in [-0.4, -0.2) is 53.1 Å². The van der Waals surface area contributed by atoms with Gasteiger partial charge in [0, 0.05) is 49.4 Å². The molecule has 1 aromatic carbocycles. The Bertz CT molecular complexity index is 637. The molecule has 0 N–H and O–H groups in total. The molecular weight excluding hydrogens is 306 g/mol. The fourth-order valence-electron chi connectivity index (χ4n) is 2.75.